The van der Waals surface area contributed by atoms with E-state index in [1.165, 1.54) is 0 Å². The van der Waals surface area contributed by atoms with Crippen LogP contribution in [0.1, 0.15) is 73.1 Å². The van der Waals surface area contributed by atoms with Crippen molar-refractivity contribution in [2.75, 3.05) is 13.2 Å². The van der Waals surface area contributed by atoms with E-state index in [2.05, 4.69) is 0 Å². The average Bonchev–Trinajstić information content (AvgIpc) is 2.90. The van der Waals surface area contributed by atoms with Crippen molar-refractivity contribution in [3.05, 3.63) is 53.4 Å². The van der Waals surface area contributed by atoms with E-state index in [0.29, 0.717) is 11.8 Å². The van der Waals surface area contributed by atoms with E-state index in [4.69, 9.17) is 88.6 Å². The predicted octanol–water partition coefficient (Wildman–Crippen LogP) is 9.30. The lowest BCUT2D eigenvalue weighted by atomic mass is 9.77. The topological polar surface area (TPSA) is 105 Å². The fourth-order valence-corrected chi connectivity index (χ4v) is 6.28. The van der Waals surface area contributed by atoms with Gasteiger partial charge >= 0.3 is 23.9 Å². The monoisotopic (exact) mass is 726 g/mol. The van der Waals surface area contributed by atoms with Gasteiger partial charge in [-0.05, 0) is 35.8 Å². The molecule has 2 aromatic rings. The molecular weight excluding hydrogens is 701 g/mol. The van der Waals surface area contributed by atoms with Crippen molar-refractivity contribution in [1.82, 2.24) is 0 Å². The van der Waals surface area contributed by atoms with Gasteiger partial charge in [0.15, 0.2) is 11.5 Å². The Kier molecular flexibility index (Phi) is 12.0. The number of hydrogen-bond acceptors (Lipinski definition) is 8. The van der Waals surface area contributed by atoms with Gasteiger partial charge in [-0.15, -0.1) is 0 Å². The molecule has 0 amide bonds. The Bertz CT molecular complexity index is 1360. The minimum Gasteiger partial charge on any atom is -0.462 e. The van der Waals surface area contributed by atoms with Crippen molar-refractivity contribution in [3.8, 4) is 11.5 Å². The number of halogens is 6. The molecule has 2 unspecified atom stereocenters. The van der Waals surface area contributed by atoms with Crippen LogP contribution in [0, 0.1) is 23.7 Å². The normalized spacial score (nSPS) is 16.3. The molecule has 8 nitrogen and oxygen atoms in total. The summed E-state index contributed by atoms with van der Waals surface area (Å²) in [6.45, 7) is 4.06. The third-order valence-electron chi connectivity index (χ3n) is 8.08. The number of ether oxygens (including phenoxy) is 4. The van der Waals surface area contributed by atoms with Crippen molar-refractivity contribution >= 4 is 93.5 Å². The first-order chi connectivity index (χ1) is 20.8. The molecule has 2 aliphatic carbocycles. The fourth-order valence-electron chi connectivity index (χ4n) is 4.84. The van der Waals surface area contributed by atoms with Gasteiger partial charge in [-0.3, -0.25) is 0 Å². The zero-order valence-electron chi connectivity index (χ0n) is 23.7. The molecule has 0 saturated heterocycles. The Balaban J connectivity index is 1.53. The summed E-state index contributed by atoms with van der Waals surface area (Å²) in [5.41, 5.74) is -0.910. The van der Waals surface area contributed by atoms with Crippen molar-refractivity contribution in [2.45, 2.75) is 52.4 Å². The average molecular weight is 729 g/mol. The molecule has 0 heterocycles. The van der Waals surface area contributed by atoms with Gasteiger partial charge in [0.25, 0.3) is 0 Å². The summed E-state index contributed by atoms with van der Waals surface area (Å²) in [4.78, 5) is 51.9. The number of esters is 4. The lowest BCUT2D eigenvalue weighted by Gasteiger charge is -2.31. The van der Waals surface area contributed by atoms with Gasteiger partial charge in [-0.25, -0.2) is 19.2 Å². The van der Waals surface area contributed by atoms with E-state index in [9.17, 15) is 19.2 Å². The van der Waals surface area contributed by atoms with E-state index in [1.807, 2.05) is 13.8 Å². The highest BCUT2D eigenvalue weighted by molar-refractivity contribution is 6.47. The highest BCUT2D eigenvalue weighted by Gasteiger charge is 2.33. The van der Waals surface area contributed by atoms with Gasteiger partial charge in [0.2, 0.25) is 0 Å². The Morgan fingerprint density at radius 2 is 0.977 bits per heavy atom. The lowest BCUT2D eigenvalue weighted by molar-refractivity contribution is -0.156. The molecule has 2 atom stereocenters. The van der Waals surface area contributed by atoms with Crippen LogP contribution in [0.5, 0.6) is 11.5 Å². The maximum Gasteiger partial charge on any atom is 0.423 e. The summed E-state index contributed by atoms with van der Waals surface area (Å²) in [5, 5.41) is -1.45. The number of hydrogen-bond donors (Lipinski definition) is 0. The minimum absolute atomic E-state index is 0.0769. The Morgan fingerprint density at radius 3 is 1.27 bits per heavy atom. The Hall–Kier alpha value is -1.94. The highest BCUT2D eigenvalue weighted by Crippen LogP contribution is 2.42. The molecule has 4 rings (SSSR count). The summed E-state index contributed by atoms with van der Waals surface area (Å²) in [6.07, 6.45) is 6.38. The first-order valence-electron chi connectivity index (χ1n) is 13.9. The maximum absolute atomic E-state index is 13.0. The Labute approximate surface area is 284 Å². The predicted molar refractivity (Wildman–Crippen MR) is 168 cm³/mol. The number of rotatable bonds is 10. The highest BCUT2D eigenvalue weighted by atomic mass is 35.5. The number of benzene rings is 2. The molecule has 0 aliphatic heterocycles. The van der Waals surface area contributed by atoms with Gasteiger partial charge in [0.1, 0.15) is 11.1 Å². The van der Waals surface area contributed by atoms with Gasteiger partial charge in [0.05, 0.1) is 43.3 Å². The summed E-state index contributed by atoms with van der Waals surface area (Å²) < 4.78 is 21.2. The summed E-state index contributed by atoms with van der Waals surface area (Å²) in [6, 6.07) is 2.25. The summed E-state index contributed by atoms with van der Waals surface area (Å²) >= 11 is 37.2. The molecule has 0 bridgehead atoms. The molecule has 2 fully saturated rings. The van der Waals surface area contributed by atoms with Crippen molar-refractivity contribution in [2.24, 2.45) is 23.7 Å². The van der Waals surface area contributed by atoms with Crippen LogP contribution in [-0.2, 0) is 19.1 Å². The summed E-state index contributed by atoms with van der Waals surface area (Å²) in [5.74, 6) is -5.33. The molecule has 0 spiro atoms. The van der Waals surface area contributed by atoms with Crippen LogP contribution < -0.4 is 9.47 Å². The van der Waals surface area contributed by atoms with E-state index in [0.717, 1.165) is 50.7 Å². The van der Waals surface area contributed by atoms with E-state index < -0.39 is 46.5 Å². The second kappa shape index (κ2) is 15.1. The summed E-state index contributed by atoms with van der Waals surface area (Å²) in [7, 11) is 0. The molecule has 44 heavy (non-hydrogen) atoms. The molecule has 2 saturated carbocycles. The standard InChI is InChI=1S/C30H28Cl6O8/c1-13(15-5-3-6-15)11-41-27(37)21-23(35)17(31)9-19(33)25(21)43-29(39)30(40)44-26-20(34)10-18(32)24(36)22(26)28(38)42-12-14(2)16-7-4-8-16/h9-10,13-16H,3-8,11-12H2,1-2H3. The third-order valence-corrected chi connectivity index (χ3v) is 10.2. The molecule has 14 heteroatoms. The SMILES string of the molecule is CC(COC(=O)c1c(Cl)c(Cl)cc(Cl)c1OC(=O)C(=O)Oc1c(Cl)cc(Cl)c(Cl)c1C(=O)OCC(C)C1CCC1)C1CCC1. The fraction of sp³-hybridized carbons (Fsp3) is 0.467. The quantitative estimate of drug-likeness (QED) is 0.103. The van der Waals surface area contributed by atoms with E-state index in [1.54, 1.807) is 0 Å². The van der Waals surface area contributed by atoms with Crippen LogP contribution in [0.15, 0.2) is 12.1 Å². The van der Waals surface area contributed by atoms with Crippen LogP contribution in [-0.4, -0.2) is 37.1 Å². The third kappa shape index (κ3) is 7.88. The molecule has 238 valence electrons. The van der Waals surface area contributed by atoms with Gasteiger partial charge in [0, 0.05) is 0 Å². The van der Waals surface area contributed by atoms with Crippen molar-refractivity contribution in [3.63, 3.8) is 0 Å². The van der Waals surface area contributed by atoms with Gasteiger partial charge in [-0.1, -0.05) is 122 Å². The van der Waals surface area contributed by atoms with Crippen molar-refractivity contribution in [1.29, 1.82) is 0 Å². The first-order valence-corrected chi connectivity index (χ1v) is 16.2. The van der Waals surface area contributed by atoms with Crippen LogP contribution >= 0.6 is 69.6 Å². The zero-order chi connectivity index (χ0) is 32.3. The molecule has 0 N–H and O–H groups in total. The lowest BCUT2D eigenvalue weighted by Crippen LogP contribution is -2.28. The molecule has 0 radical (unpaired) electrons. The molecule has 2 aromatic carbocycles. The number of carbonyl (C=O) groups is 4. The minimum atomic E-state index is -1.64. The number of carbonyl (C=O) groups excluding carboxylic acids is 4. The molecule has 2 aliphatic rings. The zero-order valence-corrected chi connectivity index (χ0v) is 28.2. The van der Waals surface area contributed by atoms with Gasteiger partial charge in [-0.2, -0.15) is 0 Å². The molecular formula is C30H28Cl6O8. The van der Waals surface area contributed by atoms with Crippen LogP contribution in [0.25, 0.3) is 0 Å². The maximum atomic E-state index is 13.0. The van der Waals surface area contributed by atoms with Gasteiger partial charge < -0.3 is 18.9 Å². The second-order valence-corrected chi connectivity index (χ2v) is 13.4. The second-order valence-electron chi connectivity index (χ2n) is 11.0. The smallest absolute Gasteiger partial charge is 0.423 e. The van der Waals surface area contributed by atoms with E-state index in [-0.39, 0.29) is 55.2 Å². The van der Waals surface area contributed by atoms with Crippen LogP contribution in [0.2, 0.25) is 30.1 Å². The largest absolute Gasteiger partial charge is 0.462 e. The van der Waals surface area contributed by atoms with Crippen LogP contribution in [0.3, 0.4) is 0 Å². The Morgan fingerprint density at radius 1 is 0.636 bits per heavy atom. The van der Waals surface area contributed by atoms with Crippen molar-refractivity contribution < 1.29 is 38.1 Å². The van der Waals surface area contributed by atoms with E-state index >= 15 is 0 Å². The molecule has 0 aromatic heterocycles. The van der Waals surface area contributed by atoms with Crippen LogP contribution in [0.4, 0.5) is 0 Å². The first kappa shape index (κ1) is 34.9.